The van der Waals surface area contributed by atoms with Crippen molar-refractivity contribution in [2.45, 2.75) is 24.8 Å². The molecule has 0 aliphatic carbocycles. The summed E-state index contributed by atoms with van der Waals surface area (Å²) in [5.74, 6) is -1.94. The van der Waals surface area contributed by atoms with Crippen LogP contribution >= 0.6 is 12.4 Å². The van der Waals surface area contributed by atoms with Gasteiger partial charge in [-0.25, -0.2) is 8.78 Å². The first-order valence-corrected chi connectivity index (χ1v) is 5.23. The lowest BCUT2D eigenvalue weighted by Crippen LogP contribution is -2.32. The molecule has 0 radical (unpaired) electrons. The van der Waals surface area contributed by atoms with Crippen molar-refractivity contribution in [3.05, 3.63) is 29.8 Å². The lowest BCUT2D eigenvalue weighted by Gasteiger charge is -2.25. The number of hydrogen-bond acceptors (Lipinski definition) is 2. The minimum Gasteiger partial charge on any atom is -0.497 e. The maximum Gasteiger partial charge on any atom is 0.262 e. The van der Waals surface area contributed by atoms with Crippen molar-refractivity contribution in [3.8, 4) is 5.75 Å². The first kappa shape index (κ1) is 14.2. The van der Waals surface area contributed by atoms with Gasteiger partial charge in [0.2, 0.25) is 0 Å². The third-order valence-electron chi connectivity index (χ3n) is 3.06. The molecule has 1 N–H and O–H groups in total. The van der Waals surface area contributed by atoms with E-state index in [0.29, 0.717) is 5.75 Å². The van der Waals surface area contributed by atoms with Crippen molar-refractivity contribution >= 4 is 12.4 Å². The van der Waals surface area contributed by atoms with Crippen LogP contribution in [0.3, 0.4) is 0 Å². The molecule has 2 nitrogen and oxygen atoms in total. The van der Waals surface area contributed by atoms with Gasteiger partial charge in [-0.05, 0) is 24.6 Å². The SMILES string of the molecule is COc1cccc(C2(C)CC(F)(F)CN2)c1.Cl. The fourth-order valence-electron chi connectivity index (χ4n) is 2.14. The van der Waals surface area contributed by atoms with E-state index in [1.807, 2.05) is 12.1 Å². The molecule has 1 heterocycles. The number of ether oxygens (including phenoxy) is 1. The van der Waals surface area contributed by atoms with Gasteiger partial charge in [-0.1, -0.05) is 12.1 Å². The molecule has 1 saturated heterocycles. The van der Waals surface area contributed by atoms with Crippen LogP contribution in [0.5, 0.6) is 5.75 Å². The number of rotatable bonds is 2. The predicted molar refractivity (Wildman–Crippen MR) is 65.2 cm³/mol. The second-order valence-corrected chi connectivity index (χ2v) is 4.45. The Balaban J connectivity index is 0.00000144. The second-order valence-electron chi connectivity index (χ2n) is 4.45. The van der Waals surface area contributed by atoms with Crippen LogP contribution in [0.1, 0.15) is 18.9 Å². The molecule has 1 atom stereocenters. The Bertz CT molecular complexity index is 400. The van der Waals surface area contributed by atoms with Crippen LogP contribution in [0.15, 0.2) is 24.3 Å². The number of nitrogens with one attached hydrogen (secondary N) is 1. The third-order valence-corrected chi connectivity index (χ3v) is 3.06. The zero-order valence-electron chi connectivity index (χ0n) is 9.80. The van der Waals surface area contributed by atoms with E-state index >= 15 is 0 Å². The van der Waals surface area contributed by atoms with Gasteiger partial charge in [0, 0.05) is 12.0 Å². The Morgan fingerprint density at radius 2 is 2.06 bits per heavy atom. The van der Waals surface area contributed by atoms with E-state index in [0.717, 1.165) is 5.56 Å². The number of halogens is 3. The van der Waals surface area contributed by atoms with Crippen LogP contribution in [-0.2, 0) is 5.54 Å². The minimum atomic E-state index is -2.63. The first-order chi connectivity index (χ1) is 7.45. The molecule has 0 amide bonds. The summed E-state index contributed by atoms with van der Waals surface area (Å²) in [6, 6.07) is 7.27. The molecule has 1 aromatic rings. The van der Waals surface area contributed by atoms with Crippen LogP contribution in [0.25, 0.3) is 0 Å². The predicted octanol–water partition coefficient (Wildman–Crippen LogP) is 2.96. The van der Waals surface area contributed by atoms with Gasteiger partial charge in [-0.3, -0.25) is 0 Å². The average Bonchev–Trinajstić information content (AvgIpc) is 2.55. The van der Waals surface area contributed by atoms with Gasteiger partial charge in [0.05, 0.1) is 13.7 Å². The van der Waals surface area contributed by atoms with Crippen LogP contribution in [0, 0.1) is 0 Å². The molecular formula is C12H16ClF2NO. The van der Waals surface area contributed by atoms with Gasteiger partial charge in [0.25, 0.3) is 5.92 Å². The molecule has 17 heavy (non-hydrogen) atoms. The summed E-state index contributed by atoms with van der Waals surface area (Å²) in [5.41, 5.74) is 0.168. The highest BCUT2D eigenvalue weighted by Crippen LogP contribution is 2.39. The van der Waals surface area contributed by atoms with Crippen molar-refractivity contribution in [1.82, 2.24) is 5.32 Å². The van der Waals surface area contributed by atoms with E-state index in [-0.39, 0.29) is 25.4 Å². The second kappa shape index (κ2) is 4.78. The Labute approximate surface area is 106 Å². The summed E-state index contributed by atoms with van der Waals surface area (Å²) in [6.07, 6.45) is -0.173. The lowest BCUT2D eigenvalue weighted by molar-refractivity contribution is 0.0165. The third kappa shape index (κ3) is 2.87. The maximum atomic E-state index is 13.2. The summed E-state index contributed by atoms with van der Waals surface area (Å²) < 4.78 is 31.5. The summed E-state index contributed by atoms with van der Waals surface area (Å²) >= 11 is 0. The fraction of sp³-hybridized carbons (Fsp3) is 0.500. The highest BCUT2D eigenvalue weighted by molar-refractivity contribution is 5.85. The van der Waals surface area contributed by atoms with E-state index < -0.39 is 11.5 Å². The molecule has 1 aliphatic rings. The molecule has 2 rings (SSSR count). The molecule has 5 heteroatoms. The summed E-state index contributed by atoms with van der Waals surface area (Å²) in [5, 5.41) is 2.89. The highest BCUT2D eigenvalue weighted by atomic mass is 35.5. The molecule has 0 spiro atoms. The van der Waals surface area contributed by atoms with Crippen molar-refractivity contribution in [2.75, 3.05) is 13.7 Å². The summed E-state index contributed by atoms with van der Waals surface area (Å²) in [7, 11) is 1.57. The van der Waals surface area contributed by atoms with Crippen LogP contribution in [0.4, 0.5) is 8.78 Å². The van der Waals surface area contributed by atoms with E-state index in [1.165, 1.54) is 0 Å². The van der Waals surface area contributed by atoms with Gasteiger partial charge in [0.15, 0.2) is 0 Å². The average molecular weight is 264 g/mol. The molecule has 0 bridgehead atoms. The van der Waals surface area contributed by atoms with Gasteiger partial charge in [-0.15, -0.1) is 12.4 Å². The Kier molecular flexibility index (Phi) is 3.99. The maximum absolute atomic E-state index is 13.2. The van der Waals surface area contributed by atoms with Crippen LogP contribution in [-0.4, -0.2) is 19.6 Å². The van der Waals surface area contributed by atoms with Crippen molar-refractivity contribution in [3.63, 3.8) is 0 Å². The van der Waals surface area contributed by atoms with Crippen molar-refractivity contribution < 1.29 is 13.5 Å². The number of benzene rings is 1. The van der Waals surface area contributed by atoms with Gasteiger partial charge in [-0.2, -0.15) is 0 Å². The molecule has 1 unspecified atom stereocenters. The van der Waals surface area contributed by atoms with E-state index in [2.05, 4.69) is 5.32 Å². The number of methoxy groups -OCH3 is 1. The number of alkyl halides is 2. The van der Waals surface area contributed by atoms with Crippen LogP contribution < -0.4 is 10.1 Å². The normalized spacial score (nSPS) is 26.4. The zero-order chi connectivity index (χ0) is 11.8. The summed E-state index contributed by atoms with van der Waals surface area (Å²) in [4.78, 5) is 0. The van der Waals surface area contributed by atoms with Crippen molar-refractivity contribution in [2.24, 2.45) is 0 Å². The van der Waals surface area contributed by atoms with Gasteiger partial charge >= 0.3 is 0 Å². The van der Waals surface area contributed by atoms with E-state index in [9.17, 15) is 8.78 Å². The molecular weight excluding hydrogens is 248 g/mol. The molecule has 96 valence electrons. The minimum absolute atomic E-state index is 0. The monoisotopic (exact) mass is 263 g/mol. The number of hydrogen-bond donors (Lipinski definition) is 1. The van der Waals surface area contributed by atoms with Gasteiger partial charge in [0.1, 0.15) is 5.75 Å². The van der Waals surface area contributed by atoms with Gasteiger partial charge < -0.3 is 10.1 Å². The van der Waals surface area contributed by atoms with E-state index in [1.54, 1.807) is 26.2 Å². The smallest absolute Gasteiger partial charge is 0.262 e. The molecule has 1 fully saturated rings. The molecule has 0 saturated carbocycles. The first-order valence-electron chi connectivity index (χ1n) is 5.23. The highest BCUT2D eigenvalue weighted by Gasteiger charge is 2.47. The Morgan fingerprint density at radius 3 is 2.59 bits per heavy atom. The molecule has 1 aliphatic heterocycles. The fourth-order valence-corrected chi connectivity index (χ4v) is 2.14. The quantitative estimate of drug-likeness (QED) is 0.886. The topological polar surface area (TPSA) is 21.3 Å². The van der Waals surface area contributed by atoms with E-state index in [4.69, 9.17) is 4.74 Å². The Hall–Kier alpha value is -0.870. The lowest BCUT2D eigenvalue weighted by atomic mass is 9.89. The standard InChI is InChI=1S/C12H15F2NO.ClH/c1-11(7-12(13,14)8-15-11)9-4-3-5-10(6-9)16-2;/h3-6,15H,7-8H2,1-2H3;1H. The zero-order valence-corrected chi connectivity index (χ0v) is 10.6. The van der Waals surface area contributed by atoms with Crippen LogP contribution in [0.2, 0.25) is 0 Å². The largest absolute Gasteiger partial charge is 0.497 e. The Morgan fingerprint density at radius 1 is 1.35 bits per heavy atom. The van der Waals surface area contributed by atoms with Crippen molar-refractivity contribution in [1.29, 1.82) is 0 Å². The molecule has 0 aromatic heterocycles. The summed E-state index contributed by atoms with van der Waals surface area (Å²) in [6.45, 7) is 1.53. The molecule has 1 aromatic carbocycles.